The molecule has 0 saturated heterocycles. The first-order chi connectivity index (χ1) is 9.83. The number of nitriles is 1. The average molecular weight is 276 g/mol. The van der Waals surface area contributed by atoms with Crippen LogP contribution >= 0.6 is 0 Å². The lowest BCUT2D eigenvalue weighted by Gasteiger charge is -2.15. The maximum Gasteiger partial charge on any atom is 0.165 e. The van der Waals surface area contributed by atoms with E-state index in [0.717, 1.165) is 49.4 Å². The Balaban J connectivity index is 2.61. The SMILES string of the molecule is CCCNCc1cccc(OC)c1OCCCCC#N. The first-order valence-electron chi connectivity index (χ1n) is 7.19. The van der Waals surface area contributed by atoms with Gasteiger partial charge in [0, 0.05) is 18.5 Å². The van der Waals surface area contributed by atoms with Crippen LogP contribution in [0, 0.1) is 11.3 Å². The summed E-state index contributed by atoms with van der Waals surface area (Å²) in [6, 6.07) is 8.08. The molecule has 0 radical (unpaired) electrons. The second kappa shape index (κ2) is 10.1. The standard InChI is InChI=1S/C16H24N2O2/c1-3-11-18-13-14-8-7-9-15(19-2)16(14)20-12-6-4-5-10-17/h7-9,18H,3-6,11-13H2,1-2H3. The van der Waals surface area contributed by atoms with Crippen LogP contribution in [0.15, 0.2) is 18.2 Å². The molecule has 0 unspecified atom stereocenters. The molecule has 0 fully saturated rings. The maximum atomic E-state index is 8.51. The third-order valence-electron chi connectivity index (χ3n) is 2.95. The molecule has 4 nitrogen and oxygen atoms in total. The van der Waals surface area contributed by atoms with Gasteiger partial charge >= 0.3 is 0 Å². The molecule has 110 valence electrons. The van der Waals surface area contributed by atoms with Crippen LogP contribution < -0.4 is 14.8 Å². The second-order valence-corrected chi connectivity index (χ2v) is 4.59. The van der Waals surface area contributed by atoms with Gasteiger partial charge in [0.2, 0.25) is 0 Å². The van der Waals surface area contributed by atoms with Gasteiger partial charge in [0.25, 0.3) is 0 Å². The van der Waals surface area contributed by atoms with Crippen LogP contribution in [-0.4, -0.2) is 20.3 Å². The molecule has 1 aromatic rings. The Kier molecular flexibility index (Phi) is 8.25. The quantitative estimate of drug-likeness (QED) is 0.666. The van der Waals surface area contributed by atoms with Gasteiger partial charge in [-0.15, -0.1) is 0 Å². The summed E-state index contributed by atoms with van der Waals surface area (Å²) in [5, 5.41) is 11.9. The Morgan fingerprint density at radius 2 is 2.15 bits per heavy atom. The van der Waals surface area contributed by atoms with Crippen LogP contribution in [0.25, 0.3) is 0 Å². The molecule has 0 aliphatic rings. The number of para-hydroxylation sites is 1. The molecule has 0 amide bonds. The molecule has 0 heterocycles. The van der Waals surface area contributed by atoms with E-state index in [1.807, 2.05) is 12.1 Å². The number of benzene rings is 1. The zero-order chi connectivity index (χ0) is 14.6. The summed E-state index contributed by atoms with van der Waals surface area (Å²) in [7, 11) is 1.65. The number of hydrogen-bond donors (Lipinski definition) is 1. The minimum Gasteiger partial charge on any atom is -0.493 e. The van der Waals surface area contributed by atoms with Crippen molar-refractivity contribution in [3.05, 3.63) is 23.8 Å². The van der Waals surface area contributed by atoms with Crippen molar-refractivity contribution in [3.63, 3.8) is 0 Å². The Bertz CT molecular complexity index is 427. The highest BCUT2D eigenvalue weighted by molar-refractivity contribution is 5.46. The van der Waals surface area contributed by atoms with Crippen molar-refractivity contribution in [1.82, 2.24) is 5.32 Å². The van der Waals surface area contributed by atoms with Crippen LogP contribution in [0.2, 0.25) is 0 Å². The molecule has 0 aliphatic carbocycles. The van der Waals surface area contributed by atoms with Gasteiger partial charge < -0.3 is 14.8 Å². The van der Waals surface area contributed by atoms with Crippen LogP contribution in [0.1, 0.15) is 38.2 Å². The lowest BCUT2D eigenvalue weighted by atomic mass is 10.1. The fourth-order valence-electron chi connectivity index (χ4n) is 1.91. The highest BCUT2D eigenvalue weighted by atomic mass is 16.5. The highest BCUT2D eigenvalue weighted by Gasteiger charge is 2.10. The highest BCUT2D eigenvalue weighted by Crippen LogP contribution is 2.31. The lowest BCUT2D eigenvalue weighted by Crippen LogP contribution is -2.15. The Labute approximate surface area is 121 Å². The fraction of sp³-hybridized carbons (Fsp3) is 0.562. The summed E-state index contributed by atoms with van der Waals surface area (Å²) in [5.74, 6) is 1.58. The molecule has 1 rings (SSSR count). The minimum atomic E-state index is 0.584. The number of ether oxygens (including phenoxy) is 2. The third kappa shape index (κ3) is 5.50. The van der Waals surface area contributed by atoms with E-state index in [1.54, 1.807) is 7.11 Å². The van der Waals surface area contributed by atoms with Gasteiger partial charge in [-0.3, -0.25) is 0 Å². The van der Waals surface area contributed by atoms with E-state index in [2.05, 4.69) is 24.4 Å². The first kappa shape index (κ1) is 16.3. The minimum absolute atomic E-state index is 0.584. The summed E-state index contributed by atoms with van der Waals surface area (Å²) in [6.45, 7) is 4.52. The van der Waals surface area contributed by atoms with Crippen molar-refractivity contribution in [2.45, 2.75) is 39.2 Å². The van der Waals surface area contributed by atoms with Crippen molar-refractivity contribution < 1.29 is 9.47 Å². The summed E-state index contributed by atoms with van der Waals surface area (Å²) < 4.78 is 11.2. The zero-order valence-electron chi connectivity index (χ0n) is 12.4. The summed E-state index contributed by atoms with van der Waals surface area (Å²) >= 11 is 0. The van der Waals surface area contributed by atoms with Crippen molar-refractivity contribution >= 4 is 0 Å². The summed E-state index contributed by atoms with van der Waals surface area (Å²) in [4.78, 5) is 0. The number of unbranched alkanes of at least 4 members (excludes halogenated alkanes) is 2. The van der Waals surface area contributed by atoms with Gasteiger partial charge in [-0.2, -0.15) is 5.26 Å². The topological polar surface area (TPSA) is 54.3 Å². The Morgan fingerprint density at radius 1 is 1.30 bits per heavy atom. The molecule has 0 spiro atoms. The molecule has 0 atom stereocenters. The van der Waals surface area contributed by atoms with Crippen molar-refractivity contribution in [3.8, 4) is 17.6 Å². The summed E-state index contributed by atoms with van der Waals surface area (Å²) in [5.41, 5.74) is 1.11. The van der Waals surface area contributed by atoms with Gasteiger partial charge in [-0.25, -0.2) is 0 Å². The van der Waals surface area contributed by atoms with Gasteiger partial charge in [-0.05, 0) is 31.9 Å². The molecule has 0 aromatic heterocycles. The van der Waals surface area contributed by atoms with Crippen LogP contribution in [-0.2, 0) is 6.54 Å². The smallest absolute Gasteiger partial charge is 0.165 e. The van der Waals surface area contributed by atoms with Gasteiger partial charge in [-0.1, -0.05) is 19.1 Å². The Hall–Kier alpha value is -1.73. The predicted octanol–water partition coefficient (Wildman–Crippen LogP) is 3.27. The molecular formula is C16H24N2O2. The predicted molar refractivity (Wildman–Crippen MR) is 80.0 cm³/mol. The monoisotopic (exact) mass is 276 g/mol. The number of rotatable bonds is 10. The van der Waals surface area contributed by atoms with Crippen molar-refractivity contribution in [1.29, 1.82) is 5.26 Å². The van der Waals surface area contributed by atoms with E-state index in [-0.39, 0.29) is 0 Å². The van der Waals surface area contributed by atoms with Crippen molar-refractivity contribution in [2.75, 3.05) is 20.3 Å². The normalized spacial score (nSPS) is 10.1. The van der Waals surface area contributed by atoms with Gasteiger partial charge in [0.1, 0.15) is 0 Å². The van der Waals surface area contributed by atoms with E-state index in [4.69, 9.17) is 14.7 Å². The van der Waals surface area contributed by atoms with Crippen LogP contribution in [0.5, 0.6) is 11.5 Å². The maximum absolute atomic E-state index is 8.51. The molecule has 0 saturated carbocycles. The largest absolute Gasteiger partial charge is 0.493 e. The van der Waals surface area contributed by atoms with Crippen LogP contribution in [0.4, 0.5) is 0 Å². The molecular weight excluding hydrogens is 252 g/mol. The van der Waals surface area contributed by atoms with E-state index in [9.17, 15) is 0 Å². The van der Waals surface area contributed by atoms with E-state index in [0.29, 0.717) is 13.0 Å². The van der Waals surface area contributed by atoms with Crippen LogP contribution in [0.3, 0.4) is 0 Å². The fourth-order valence-corrected chi connectivity index (χ4v) is 1.91. The van der Waals surface area contributed by atoms with E-state index >= 15 is 0 Å². The zero-order valence-corrected chi connectivity index (χ0v) is 12.4. The summed E-state index contributed by atoms with van der Waals surface area (Å²) in [6.07, 6.45) is 3.44. The molecule has 0 aliphatic heterocycles. The Morgan fingerprint density at radius 3 is 2.85 bits per heavy atom. The number of nitrogens with zero attached hydrogens (tertiary/aromatic N) is 1. The molecule has 1 aromatic carbocycles. The third-order valence-corrected chi connectivity index (χ3v) is 2.95. The molecule has 0 bridgehead atoms. The molecule has 4 heteroatoms. The first-order valence-corrected chi connectivity index (χ1v) is 7.19. The van der Waals surface area contributed by atoms with Crippen molar-refractivity contribution in [2.24, 2.45) is 0 Å². The molecule has 20 heavy (non-hydrogen) atoms. The number of methoxy groups -OCH3 is 1. The van der Waals surface area contributed by atoms with Gasteiger partial charge in [0.05, 0.1) is 19.8 Å². The molecule has 1 N–H and O–H groups in total. The number of nitrogens with one attached hydrogen (secondary N) is 1. The van der Waals surface area contributed by atoms with Gasteiger partial charge in [0.15, 0.2) is 11.5 Å². The average Bonchev–Trinajstić information content (AvgIpc) is 2.48. The number of hydrogen-bond acceptors (Lipinski definition) is 4. The lowest BCUT2D eigenvalue weighted by molar-refractivity contribution is 0.283. The van der Waals surface area contributed by atoms with E-state index < -0.39 is 0 Å². The van der Waals surface area contributed by atoms with E-state index in [1.165, 1.54) is 0 Å². The second-order valence-electron chi connectivity index (χ2n) is 4.59.